The minimum atomic E-state index is -0.376. The summed E-state index contributed by atoms with van der Waals surface area (Å²) in [5, 5.41) is 11.2. The van der Waals surface area contributed by atoms with Gasteiger partial charge >= 0.3 is 5.97 Å². The molecule has 0 bridgehead atoms. The lowest BCUT2D eigenvalue weighted by molar-refractivity contribution is 0.0378. The van der Waals surface area contributed by atoms with Crippen LogP contribution in [0, 0.1) is 0 Å². The third kappa shape index (κ3) is 2.94. The Morgan fingerprint density at radius 2 is 2.26 bits per heavy atom. The summed E-state index contributed by atoms with van der Waals surface area (Å²) in [6.45, 7) is 3.82. The fourth-order valence-electron chi connectivity index (χ4n) is 1.58. The molecule has 2 rings (SSSR count). The van der Waals surface area contributed by atoms with Gasteiger partial charge in [-0.3, -0.25) is 0 Å². The van der Waals surface area contributed by atoms with Crippen molar-refractivity contribution in [1.29, 1.82) is 0 Å². The number of rotatable bonds is 4. The van der Waals surface area contributed by atoms with Gasteiger partial charge < -0.3 is 10.5 Å². The number of hydrogen-bond donors (Lipinski definition) is 1. The highest BCUT2D eigenvalue weighted by Crippen LogP contribution is 2.12. The number of hydrogen-bond acceptors (Lipinski definition) is 6. The van der Waals surface area contributed by atoms with Gasteiger partial charge in [0.25, 0.3) is 0 Å². The molecular formula is C12H15N5O2. The fraction of sp³-hybridized carbons (Fsp3) is 0.333. The van der Waals surface area contributed by atoms with Crippen LogP contribution in [0.1, 0.15) is 30.0 Å². The Morgan fingerprint density at radius 3 is 2.95 bits per heavy atom. The van der Waals surface area contributed by atoms with E-state index in [1.54, 1.807) is 38.1 Å². The van der Waals surface area contributed by atoms with E-state index in [1.165, 1.54) is 4.68 Å². The van der Waals surface area contributed by atoms with Crippen LogP contribution in [0.2, 0.25) is 0 Å². The Balaban J connectivity index is 2.32. The first-order chi connectivity index (χ1) is 9.11. The summed E-state index contributed by atoms with van der Waals surface area (Å²) < 4.78 is 6.63. The van der Waals surface area contributed by atoms with Crippen LogP contribution in [0.15, 0.2) is 24.3 Å². The molecule has 2 N–H and O–H groups in total. The van der Waals surface area contributed by atoms with Crippen molar-refractivity contribution < 1.29 is 9.53 Å². The summed E-state index contributed by atoms with van der Waals surface area (Å²) in [6, 6.07) is 6.89. The van der Waals surface area contributed by atoms with Crippen molar-refractivity contribution in [3.05, 3.63) is 35.7 Å². The SMILES string of the molecule is CC(C)OC(=O)c1cccc(-n2nnnc2CN)c1. The Kier molecular flexibility index (Phi) is 3.86. The van der Waals surface area contributed by atoms with E-state index in [1.807, 2.05) is 0 Å². The second-order valence-electron chi connectivity index (χ2n) is 4.22. The van der Waals surface area contributed by atoms with E-state index in [9.17, 15) is 4.79 Å². The van der Waals surface area contributed by atoms with Crippen molar-refractivity contribution in [2.24, 2.45) is 5.73 Å². The quantitative estimate of drug-likeness (QED) is 0.813. The summed E-state index contributed by atoms with van der Waals surface area (Å²) >= 11 is 0. The largest absolute Gasteiger partial charge is 0.459 e. The van der Waals surface area contributed by atoms with Crippen molar-refractivity contribution in [3.63, 3.8) is 0 Å². The molecule has 0 saturated heterocycles. The van der Waals surface area contributed by atoms with Gasteiger partial charge in [0.2, 0.25) is 0 Å². The molecule has 100 valence electrons. The molecule has 1 aromatic carbocycles. The molecule has 0 atom stereocenters. The normalized spacial score (nSPS) is 10.7. The maximum atomic E-state index is 11.8. The van der Waals surface area contributed by atoms with E-state index in [-0.39, 0.29) is 18.6 Å². The molecule has 0 radical (unpaired) electrons. The number of carbonyl (C=O) groups excluding carboxylic acids is 1. The first kappa shape index (κ1) is 13.2. The Morgan fingerprint density at radius 1 is 1.47 bits per heavy atom. The van der Waals surface area contributed by atoms with Gasteiger partial charge in [0.15, 0.2) is 5.82 Å². The highest BCUT2D eigenvalue weighted by molar-refractivity contribution is 5.90. The molecule has 0 aliphatic heterocycles. The van der Waals surface area contributed by atoms with Crippen LogP contribution in [0.5, 0.6) is 0 Å². The highest BCUT2D eigenvalue weighted by atomic mass is 16.5. The number of nitrogens with two attached hydrogens (primary N) is 1. The van der Waals surface area contributed by atoms with E-state index < -0.39 is 0 Å². The Hall–Kier alpha value is -2.28. The van der Waals surface area contributed by atoms with Gasteiger partial charge in [-0.25, -0.2) is 4.79 Å². The van der Waals surface area contributed by atoms with Crippen LogP contribution in [0.4, 0.5) is 0 Å². The van der Waals surface area contributed by atoms with Gasteiger partial charge in [-0.05, 0) is 42.5 Å². The summed E-state index contributed by atoms with van der Waals surface area (Å²) in [5.74, 6) is 0.147. The van der Waals surface area contributed by atoms with Crippen LogP contribution in [-0.2, 0) is 11.3 Å². The number of aromatic nitrogens is 4. The van der Waals surface area contributed by atoms with Crippen molar-refractivity contribution >= 4 is 5.97 Å². The minimum absolute atomic E-state index is 0.163. The molecule has 7 heteroatoms. The second-order valence-corrected chi connectivity index (χ2v) is 4.22. The zero-order valence-corrected chi connectivity index (χ0v) is 10.8. The third-order valence-electron chi connectivity index (χ3n) is 2.39. The lowest BCUT2D eigenvalue weighted by Crippen LogP contribution is -2.13. The van der Waals surface area contributed by atoms with Gasteiger partial charge in [-0.1, -0.05) is 6.07 Å². The number of ether oxygens (including phenoxy) is 1. The fourth-order valence-corrected chi connectivity index (χ4v) is 1.58. The molecule has 1 aromatic heterocycles. The van der Waals surface area contributed by atoms with E-state index in [0.717, 1.165) is 0 Å². The molecule has 2 aromatic rings. The summed E-state index contributed by atoms with van der Waals surface area (Å²) in [6.07, 6.45) is -0.163. The topological polar surface area (TPSA) is 95.9 Å². The van der Waals surface area contributed by atoms with E-state index in [0.29, 0.717) is 17.1 Å². The maximum absolute atomic E-state index is 11.8. The molecule has 0 fully saturated rings. The van der Waals surface area contributed by atoms with Crippen molar-refractivity contribution in [3.8, 4) is 5.69 Å². The standard InChI is InChI=1S/C12H15N5O2/c1-8(2)19-12(18)9-4-3-5-10(6-9)17-11(7-13)14-15-16-17/h3-6,8H,7,13H2,1-2H3. The van der Waals surface area contributed by atoms with E-state index >= 15 is 0 Å². The lowest BCUT2D eigenvalue weighted by Gasteiger charge is -2.09. The average Bonchev–Trinajstić information content (AvgIpc) is 2.86. The van der Waals surface area contributed by atoms with Crippen molar-refractivity contribution in [1.82, 2.24) is 20.2 Å². The highest BCUT2D eigenvalue weighted by Gasteiger charge is 2.12. The summed E-state index contributed by atoms with van der Waals surface area (Å²) in [5.41, 5.74) is 6.66. The Bertz CT molecular complexity index is 579. The second kappa shape index (κ2) is 5.57. The predicted octanol–water partition coefficient (Wildman–Crippen LogP) is 0.686. The molecule has 1 heterocycles. The van der Waals surface area contributed by atoms with E-state index in [2.05, 4.69) is 15.5 Å². The van der Waals surface area contributed by atoms with Crippen LogP contribution in [-0.4, -0.2) is 32.3 Å². The van der Waals surface area contributed by atoms with Crippen LogP contribution in [0.3, 0.4) is 0 Å². The monoisotopic (exact) mass is 261 g/mol. The molecule has 19 heavy (non-hydrogen) atoms. The lowest BCUT2D eigenvalue weighted by atomic mass is 10.2. The number of esters is 1. The third-order valence-corrected chi connectivity index (χ3v) is 2.39. The van der Waals surface area contributed by atoms with E-state index in [4.69, 9.17) is 10.5 Å². The summed E-state index contributed by atoms with van der Waals surface area (Å²) in [7, 11) is 0. The van der Waals surface area contributed by atoms with Crippen LogP contribution < -0.4 is 5.73 Å². The van der Waals surface area contributed by atoms with Crippen molar-refractivity contribution in [2.45, 2.75) is 26.5 Å². The smallest absolute Gasteiger partial charge is 0.338 e. The van der Waals surface area contributed by atoms with Gasteiger partial charge in [-0.15, -0.1) is 5.10 Å². The molecule has 0 amide bonds. The molecule has 0 aliphatic rings. The van der Waals surface area contributed by atoms with Crippen LogP contribution >= 0.6 is 0 Å². The number of carbonyl (C=O) groups is 1. The first-order valence-electron chi connectivity index (χ1n) is 5.90. The summed E-state index contributed by atoms with van der Waals surface area (Å²) in [4.78, 5) is 11.8. The van der Waals surface area contributed by atoms with Gasteiger partial charge in [-0.2, -0.15) is 4.68 Å². The number of tetrazole rings is 1. The number of benzene rings is 1. The van der Waals surface area contributed by atoms with Gasteiger partial charge in [0.1, 0.15) is 0 Å². The first-order valence-corrected chi connectivity index (χ1v) is 5.90. The maximum Gasteiger partial charge on any atom is 0.338 e. The molecule has 7 nitrogen and oxygen atoms in total. The zero-order chi connectivity index (χ0) is 13.8. The number of nitrogens with zero attached hydrogens (tertiary/aromatic N) is 4. The zero-order valence-electron chi connectivity index (χ0n) is 10.8. The minimum Gasteiger partial charge on any atom is -0.459 e. The molecule has 0 unspecified atom stereocenters. The molecule has 0 aliphatic carbocycles. The van der Waals surface area contributed by atoms with Gasteiger partial charge in [0.05, 0.1) is 23.9 Å². The Labute approximate surface area is 110 Å². The average molecular weight is 261 g/mol. The van der Waals surface area contributed by atoms with Gasteiger partial charge in [0, 0.05) is 0 Å². The van der Waals surface area contributed by atoms with Crippen LogP contribution in [0.25, 0.3) is 5.69 Å². The van der Waals surface area contributed by atoms with Crippen molar-refractivity contribution in [2.75, 3.05) is 0 Å². The molecular weight excluding hydrogens is 246 g/mol. The molecule has 0 saturated carbocycles. The predicted molar refractivity (Wildman–Crippen MR) is 67.6 cm³/mol. The molecule has 0 spiro atoms.